The lowest BCUT2D eigenvalue weighted by molar-refractivity contribution is 0.0725. The van der Waals surface area contributed by atoms with E-state index in [0.717, 1.165) is 31.6 Å². The predicted octanol–water partition coefficient (Wildman–Crippen LogP) is 2.32. The molecule has 1 amide bonds. The van der Waals surface area contributed by atoms with Crippen LogP contribution < -0.4 is 5.32 Å². The lowest BCUT2D eigenvalue weighted by Crippen LogP contribution is -2.36. The summed E-state index contributed by atoms with van der Waals surface area (Å²) in [4.78, 5) is 14.4. The first-order chi connectivity index (χ1) is 9.72. The molecule has 0 aliphatic carbocycles. The van der Waals surface area contributed by atoms with E-state index < -0.39 is 6.10 Å². The molecule has 0 radical (unpaired) electrons. The summed E-state index contributed by atoms with van der Waals surface area (Å²) in [5.41, 5.74) is 1.42. The van der Waals surface area contributed by atoms with Crippen LogP contribution in [0.5, 0.6) is 0 Å². The number of rotatable bonds is 5. The van der Waals surface area contributed by atoms with Crippen molar-refractivity contribution in [2.24, 2.45) is 0 Å². The second-order valence-electron chi connectivity index (χ2n) is 5.09. The van der Waals surface area contributed by atoms with Crippen molar-refractivity contribution in [1.82, 2.24) is 4.90 Å². The van der Waals surface area contributed by atoms with Gasteiger partial charge < -0.3 is 15.3 Å². The molecule has 20 heavy (non-hydrogen) atoms. The topological polar surface area (TPSA) is 52.6 Å². The average Bonchev–Trinajstić information content (AvgIpc) is 2.53. The van der Waals surface area contributed by atoms with Crippen LogP contribution in [-0.2, 0) is 0 Å². The van der Waals surface area contributed by atoms with E-state index >= 15 is 0 Å². The molecular weight excluding hydrogens is 276 g/mol. The Morgan fingerprint density at radius 1 is 1.30 bits per heavy atom. The van der Waals surface area contributed by atoms with Crippen molar-refractivity contribution < 1.29 is 9.90 Å². The number of aliphatic hydroxyl groups is 1. The lowest BCUT2D eigenvalue weighted by atomic mass is 10.1. The molecule has 4 nitrogen and oxygen atoms in total. The van der Waals surface area contributed by atoms with Gasteiger partial charge in [0.15, 0.2) is 0 Å². The van der Waals surface area contributed by atoms with Gasteiger partial charge in [0, 0.05) is 25.3 Å². The van der Waals surface area contributed by atoms with Crippen LogP contribution in [0.3, 0.4) is 0 Å². The van der Waals surface area contributed by atoms with E-state index in [1.165, 1.54) is 6.42 Å². The highest BCUT2D eigenvalue weighted by atomic mass is 35.5. The molecule has 1 aromatic carbocycles. The van der Waals surface area contributed by atoms with Crippen molar-refractivity contribution in [2.45, 2.75) is 25.4 Å². The quantitative estimate of drug-likeness (QED) is 0.820. The summed E-state index contributed by atoms with van der Waals surface area (Å²) in [6.07, 6.45) is 2.74. The molecule has 0 saturated carbocycles. The van der Waals surface area contributed by atoms with Crippen LogP contribution in [0.25, 0.3) is 0 Å². The zero-order valence-electron chi connectivity index (χ0n) is 11.5. The summed E-state index contributed by atoms with van der Waals surface area (Å²) in [5.74, 6) is 0.239. The zero-order chi connectivity index (χ0) is 14.4. The van der Waals surface area contributed by atoms with E-state index in [0.29, 0.717) is 12.1 Å². The van der Waals surface area contributed by atoms with Gasteiger partial charge >= 0.3 is 0 Å². The highest BCUT2D eigenvalue weighted by Crippen LogP contribution is 2.20. The smallest absolute Gasteiger partial charge is 0.255 e. The highest BCUT2D eigenvalue weighted by molar-refractivity contribution is 6.18. The zero-order valence-corrected chi connectivity index (χ0v) is 12.3. The van der Waals surface area contributed by atoms with E-state index in [4.69, 9.17) is 11.6 Å². The van der Waals surface area contributed by atoms with Crippen LogP contribution in [0, 0.1) is 0 Å². The van der Waals surface area contributed by atoms with Crippen molar-refractivity contribution in [3.63, 3.8) is 0 Å². The van der Waals surface area contributed by atoms with Gasteiger partial charge in [-0.3, -0.25) is 4.79 Å². The Morgan fingerprint density at radius 2 is 2.00 bits per heavy atom. The fraction of sp³-hybridized carbons (Fsp3) is 0.533. The SMILES string of the molecule is O=C(c1ccccc1NCC(O)CCl)N1CCCCC1. The number of alkyl halides is 1. The molecule has 0 bridgehead atoms. The lowest BCUT2D eigenvalue weighted by Gasteiger charge is -2.27. The molecule has 1 aliphatic heterocycles. The van der Waals surface area contributed by atoms with Crippen LogP contribution in [0.2, 0.25) is 0 Å². The first-order valence-corrected chi connectivity index (χ1v) is 7.62. The molecule has 1 atom stereocenters. The van der Waals surface area contributed by atoms with Crippen LogP contribution in [0.15, 0.2) is 24.3 Å². The summed E-state index contributed by atoms with van der Waals surface area (Å²) < 4.78 is 0. The van der Waals surface area contributed by atoms with Gasteiger partial charge in [-0.05, 0) is 31.4 Å². The van der Waals surface area contributed by atoms with E-state index in [1.54, 1.807) is 0 Å². The van der Waals surface area contributed by atoms with Crippen molar-refractivity contribution in [2.75, 3.05) is 30.8 Å². The number of para-hydroxylation sites is 1. The van der Waals surface area contributed by atoms with Gasteiger partial charge in [0.05, 0.1) is 17.5 Å². The van der Waals surface area contributed by atoms with Crippen LogP contribution in [-0.4, -0.2) is 47.5 Å². The molecule has 2 rings (SSSR count). The number of hydrogen-bond donors (Lipinski definition) is 2. The monoisotopic (exact) mass is 296 g/mol. The molecule has 1 saturated heterocycles. The summed E-state index contributed by atoms with van der Waals surface area (Å²) in [6.45, 7) is 2.00. The van der Waals surface area contributed by atoms with Crippen molar-refractivity contribution >= 4 is 23.2 Å². The third kappa shape index (κ3) is 3.87. The number of nitrogens with zero attached hydrogens (tertiary/aromatic N) is 1. The van der Waals surface area contributed by atoms with E-state index in [9.17, 15) is 9.90 Å². The number of benzene rings is 1. The summed E-state index contributed by atoms with van der Waals surface area (Å²) in [5, 5.41) is 12.6. The maximum Gasteiger partial charge on any atom is 0.255 e. The van der Waals surface area contributed by atoms with Crippen LogP contribution >= 0.6 is 11.6 Å². The number of aliphatic hydroxyl groups excluding tert-OH is 1. The second-order valence-corrected chi connectivity index (χ2v) is 5.40. The molecule has 1 aromatic rings. The van der Waals surface area contributed by atoms with Crippen LogP contribution in [0.4, 0.5) is 5.69 Å². The molecule has 1 aliphatic rings. The van der Waals surface area contributed by atoms with Crippen LogP contribution in [0.1, 0.15) is 29.6 Å². The normalized spacial score (nSPS) is 16.8. The number of carbonyl (C=O) groups is 1. The van der Waals surface area contributed by atoms with Gasteiger partial charge in [-0.1, -0.05) is 12.1 Å². The van der Waals surface area contributed by atoms with Crippen molar-refractivity contribution in [1.29, 1.82) is 0 Å². The number of piperidine rings is 1. The molecule has 0 spiro atoms. The van der Waals surface area contributed by atoms with Gasteiger partial charge in [0.2, 0.25) is 0 Å². The Kier molecular flexibility index (Phi) is 5.68. The fourth-order valence-electron chi connectivity index (χ4n) is 2.37. The minimum absolute atomic E-state index is 0.0631. The summed E-state index contributed by atoms with van der Waals surface area (Å²) >= 11 is 5.58. The Morgan fingerprint density at radius 3 is 2.70 bits per heavy atom. The van der Waals surface area contributed by atoms with Gasteiger partial charge in [-0.15, -0.1) is 11.6 Å². The molecule has 1 heterocycles. The van der Waals surface area contributed by atoms with Gasteiger partial charge in [-0.25, -0.2) is 0 Å². The summed E-state index contributed by atoms with van der Waals surface area (Å²) in [6, 6.07) is 7.42. The standard InChI is InChI=1S/C15H21ClN2O2/c16-10-12(19)11-17-14-7-3-2-6-13(14)15(20)18-8-4-1-5-9-18/h2-3,6-7,12,17,19H,1,4-5,8-11H2. The molecule has 0 aromatic heterocycles. The van der Waals surface area contributed by atoms with E-state index in [1.807, 2.05) is 29.2 Å². The van der Waals surface area contributed by atoms with Crippen molar-refractivity contribution in [3.8, 4) is 0 Å². The first kappa shape index (κ1) is 15.1. The molecule has 1 fully saturated rings. The number of halogens is 1. The number of anilines is 1. The summed E-state index contributed by atoms with van der Waals surface area (Å²) in [7, 11) is 0. The number of amides is 1. The van der Waals surface area contributed by atoms with Crippen molar-refractivity contribution in [3.05, 3.63) is 29.8 Å². The highest BCUT2D eigenvalue weighted by Gasteiger charge is 2.20. The Bertz CT molecular complexity index is 447. The number of hydrogen-bond acceptors (Lipinski definition) is 3. The maximum atomic E-state index is 12.5. The maximum absolute atomic E-state index is 12.5. The van der Waals surface area contributed by atoms with E-state index in [2.05, 4.69) is 5.32 Å². The minimum Gasteiger partial charge on any atom is -0.390 e. The number of nitrogens with one attached hydrogen (secondary N) is 1. The predicted molar refractivity (Wildman–Crippen MR) is 81.4 cm³/mol. The Hall–Kier alpha value is -1.26. The third-order valence-corrected chi connectivity index (χ3v) is 3.86. The molecule has 2 N–H and O–H groups in total. The van der Waals surface area contributed by atoms with Gasteiger partial charge in [0.25, 0.3) is 5.91 Å². The molecule has 5 heteroatoms. The minimum atomic E-state index is -0.616. The molecule has 110 valence electrons. The Labute approximate surface area is 124 Å². The average molecular weight is 297 g/mol. The fourth-order valence-corrected chi connectivity index (χ4v) is 2.48. The second kappa shape index (κ2) is 7.50. The van der Waals surface area contributed by atoms with Gasteiger partial charge in [0.1, 0.15) is 0 Å². The number of likely N-dealkylation sites (tertiary alicyclic amines) is 1. The number of carbonyl (C=O) groups excluding carboxylic acids is 1. The molecule has 1 unspecified atom stereocenters. The largest absolute Gasteiger partial charge is 0.390 e. The van der Waals surface area contributed by atoms with Gasteiger partial charge in [-0.2, -0.15) is 0 Å². The first-order valence-electron chi connectivity index (χ1n) is 7.08. The van der Waals surface area contributed by atoms with E-state index in [-0.39, 0.29) is 11.8 Å². The molecular formula is C15H21ClN2O2. The Balaban J connectivity index is 2.08. The third-order valence-electron chi connectivity index (χ3n) is 3.51.